The highest BCUT2D eigenvalue weighted by atomic mass is 79.9. The molecule has 3 rings (SSSR count). The molecule has 0 amide bonds. The van der Waals surface area contributed by atoms with Crippen LogP contribution in [0.25, 0.3) is 0 Å². The van der Waals surface area contributed by atoms with Gasteiger partial charge in [0.05, 0.1) is 23.8 Å². The van der Waals surface area contributed by atoms with Gasteiger partial charge in [-0.1, -0.05) is 0 Å². The van der Waals surface area contributed by atoms with Crippen molar-refractivity contribution in [3.63, 3.8) is 0 Å². The zero-order valence-corrected chi connectivity index (χ0v) is 12.7. The van der Waals surface area contributed by atoms with Gasteiger partial charge in [0.15, 0.2) is 5.82 Å². The molecule has 1 aliphatic heterocycles. The van der Waals surface area contributed by atoms with Crippen LogP contribution in [0.5, 0.6) is 0 Å². The van der Waals surface area contributed by atoms with Crippen LogP contribution in [0.2, 0.25) is 0 Å². The fourth-order valence-electron chi connectivity index (χ4n) is 1.94. The third-order valence-electron chi connectivity index (χ3n) is 2.77. The molecule has 5 nitrogen and oxygen atoms in total. The Kier molecular flexibility index (Phi) is 2.76. The first-order valence-corrected chi connectivity index (χ1v) is 8.40. The molecular weight excluding hydrogens is 338 g/mol. The summed E-state index contributed by atoms with van der Waals surface area (Å²) in [6, 6.07) is 1.70. The quantitative estimate of drug-likeness (QED) is 0.836. The zero-order valence-electron chi connectivity index (χ0n) is 9.50. The molecule has 1 aliphatic rings. The maximum atomic E-state index is 12.5. The van der Waals surface area contributed by atoms with Gasteiger partial charge in [0.1, 0.15) is 4.21 Å². The topological polar surface area (TPSA) is 55.2 Å². The van der Waals surface area contributed by atoms with Crippen LogP contribution in [0.4, 0.5) is 5.82 Å². The van der Waals surface area contributed by atoms with Crippen molar-refractivity contribution < 1.29 is 8.42 Å². The maximum Gasteiger partial charge on any atom is 0.275 e. The fourth-order valence-corrected chi connectivity index (χ4v) is 5.39. The minimum absolute atomic E-state index is 0.376. The Morgan fingerprint density at radius 2 is 2.22 bits per heavy atom. The van der Waals surface area contributed by atoms with Crippen molar-refractivity contribution in [1.29, 1.82) is 0 Å². The molecule has 2 aromatic heterocycles. The highest BCUT2D eigenvalue weighted by Gasteiger charge is 2.34. The molecule has 18 heavy (non-hydrogen) atoms. The first-order valence-electron chi connectivity index (χ1n) is 5.29. The number of hydrogen-bond acceptors (Lipinski definition) is 4. The number of anilines is 1. The highest BCUT2D eigenvalue weighted by molar-refractivity contribution is 9.10. The summed E-state index contributed by atoms with van der Waals surface area (Å²) in [6.45, 7) is 2.91. The lowest BCUT2D eigenvalue weighted by molar-refractivity contribution is 0.593. The standard InChI is InChI=1S/C10H10BrN3O2S2/c1-7-4-9(17-6-7)18(15,16)14-3-2-13-10(14)8(11)5-12-13/h4-6H,2-3H2,1H3. The van der Waals surface area contributed by atoms with Gasteiger partial charge in [-0.3, -0.25) is 0 Å². The number of nitrogens with zero attached hydrogens (tertiary/aromatic N) is 3. The van der Waals surface area contributed by atoms with Crippen LogP contribution in [0.1, 0.15) is 5.56 Å². The van der Waals surface area contributed by atoms with Crippen molar-refractivity contribution in [3.8, 4) is 0 Å². The van der Waals surface area contributed by atoms with E-state index in [9.17, 15) is 8.42 Å². The third-order valence-corrected chi connectivity index (χ3v) is 6.65. The smallest absolute Gasteiger partial charge is 0.246 e. The summed E-state index contributed by atoms with van der Waals surface area (Å²) in [6.07, 6.45) is 1.62. The second-order valence-corrected chi connectivity index (χ2v) is 7.91. The van der Waals surface area contributed by atoms with E-state index in [1.165, 1.54) is 15.6 Å². The van der Waals surface area contributed by atoms with Gasteiger partial charge < -0.3 is 0 Å². The van der Waals surface area contributed by atoms with Crippen molar-refractivity contribution in [2.75, 3.05) is 10.8 Å². The third kappa shape index (κ3) is 1.70. The van der Waals surface area contributed by atoms with Crippen molar-refractivity contribution in [1.82, 2.24) is 9.78 Å². The van der Waals surface area contributed by atoms with Gasteiger partial charge >= 0.3 is 0 Å². The molecule has 3 heterocycles. The van der Waals surface area contributed by atoms with Crippen molar-refractivity contribution >= 4 is 43.1 Å². The Hall–Kier alpha value is -0.860. The Morgan fingerprint density at radius 3 is 2.89 bits per heavy atom. The number of sulfonamides is 1. The molecule has 0 bridgehead atoms. The number of aryl methyl sites for hydroxylation is 1. The second-order valence-electron chi connectivity index (χ2n) is 4.06. The number of rotatable bonds is 2. The van der Waals surface area contributed by atoms with Crippen LogP contribution in [0.15, 0.2) is 26.3 Å². The van der Waals surface area contributed by atoms with Crippen LogP contribution in [0.3, 0.4) is 0 Å². The van der Waals surface area contributed by atoms with E-state index >= 15 is 0 Å². The zero-order chi connectivity index (χ0) is 12.9. The average molecular weight is 348 g/mol. The van der Waals surface area contributed by atoms with Gasteiger partial charge in [-0.05, 0) is 39.9 Å². The molecule has 0 saturated heterocycles. The summed E-state index contributed by atoms with van der Waals surface area (Å²) in [5.74, 6) is 0.612. The van der Waals surface area contributed by atoms with Gasteiger partial charge in [-0.2, -0.15) is 5.10 Å². The SMILES string of the molecule is Cc1csc(S(=O)(=O)N2CCn3ncc(Br)c32)c1. The van der Waals surface area contributed by atoms with Crippen molar-refractivity contribution in [2.45, 2.75) is 17.7 Å². The molecule has 0 spiro atoms. The van der Waals surface area contributed by atoms with Gasteiger partial charge in [0.2, 0.25) is 0 Å². The fraction of sp³-hybridized carbons (Fsp3) is 0.300. The molecule has 0 saturated carbocycles. The Bertz CT molecular complexity index is 705. The number of aromatic nitrogens is 2. The molecular formula is C10H10BrN3O2S2. The van der Waals surface area contributed by atoms with Gasteiger partial charge in [-0.25, -0.2) is 17.4 Å². The van der Waals surface area contributed by atoms with Gasteiger partial charge in [0, 0.05) is 0 Å². The minimum atomic E-state index is -3.46. The summed E-state index contributed by atoms with van der Waals surface area (Å²) in [5.41, 5.74) is 0.963. The predicted octanol–water partition coefficient (Wildman–Crippen LogP) is 2.22. The number of halogens is 1. The van der Waals surface area contributed by atoms with Crippen LogP contribution in [-0.2, 0) is 16.6 Å². The monoisotopic (exact) mass is 347 g/mol. The molecule has 96 valence electrons. The summed E-state index contributed by atoms with van der Waals surface area (Å²) >= 11 is 4.59. The van der Waals surface area contributed by atoms with Gasteiger partial charge in [-0.15, -0.1) is 11.3 Å². The summed E-state index contributed by atoms with van der Waals surface area (Å²) in [7, 11) is -3.46. The van der Waals surface area contributed by atoms with Crippen LogP contribution >= 0.6 is 27.3 Å². The largest absolute Gasteiger partial charge is 0.275 e. The lowest BCUT2D eigenvalue weighted by Crippen LogP contribution is -2.28. The Labute approximate surface area is 117 Å². The van der Waals surface area contributed by atoms with E-state index in [1.54, 1.807) is 16.9 Å². The van der Waals surface area contributed by atoms with E-state index in [1.807, 2.05) is 12.3 Å². The van der Waals surface area contributed by atoms with Crippen LogP contribution in [-0.4, -0.2) is 24.7 Å². The van der Waals surface area contributed by atoms with E-state index in [-0.39, 0.29) is 0 Å². The van der Waals surface area contributed by atoms with Crippen molar-refractivity contribution in [3.05, 3.63) is 27.7 Å². The highest BCUT2D eigenvalue weighted by Crippen LogP contribution is 2.35. The number of thiophene rings is 1. The lowest BCUT2D eigenvalue weighted by atomic mass is 10.4. The summed E-state index contributed by atoms with van der Waals surface area (Å²) in [4.78, 5) is 0. The number of fused-ring (bicyclic) bond motifs is 1. The molecule has 0 fully saturated rings. The summed E-state index contributed by atoms with van der Waals surface area (Å²) < 4.78 is 29.3. The second kappa shape index (κ2) is 4.07. The van der Waals surface area contributed by atoms with E-state index in [2.05, 4.69) is 21.0 Å². The molecule has 8 heteroatoms. The lowest BCUT2D eigenvalue weighted by Gasteiger charge is -2.16. The van der Waals surface area contributed by atoms with Crippen LogP contribution in [0, 0.1) is 6.92 Å². The van der Waals surface area contributed by atoms with Gasteiger partial charge in [0.25, 0.3) is 10.0 Å². The van der Waals surface area contributed by atoms with Crippen molar-refractivity contribution in [2.24, 2.45) is 0 Å². The number of hydrogen-bond donors (Lipinski definition) is 0. The van der Waals surface area contributed by atoms with E-state index < -0.39 is 10.0 Å². The first kappa shape index (κ1) is 12.2. The minimum Gasteiger partial charge on any atom is -0.246 e. The molecule has 0 atom stereocenters. The molecule has 2 aromatic rings. The Morgan fingerprint density at radius 1 is 1.44 bits per heavy atom. The normalized spacial score (nSPS) is 15.1. The molecule has 0 radical (unpaired) electrons. The van der Waals surface area contributed by atoms with E-state index in [4.69, 9.17) is 0 Å². The van der Waals surface area contributed by atoms with Crippen LogP contribution < -0.4 is 4.31 Å². The average Bonchev–Trinajstić information content (AvgIpc) is 2.97. The maximum absolute atomic E-state index is 12.5. The van der Waals surface area contributed by atoms with E-state index in [0.717, 1.165) is 5.56 Å². The molecule has 0 unspecified atom stereocenters. The first-order chi connectivity index (χ1) is 8.50. The van der Waals surface area contributed by atoms with E-state index in [0.29, 0.717) is 27.6 Å². The molecule has 0 aliphatic carbocycles. The molecule has 0 N–H and O–H groups in total. The molecule has 0 aromatic carbocycles. The predicted molar refractivity (Wildman–Crippen MR) is 73.5 cm³/mol. The Balaban J connectivity index is 2.09. The summed E-state index contributed by atoms with van der Waals surface area (Å²) in [5, 5.41) is 5.97.